The first-order chi connectivity index (χ1) is 21.4. The van der Waals surface area contributed by atoms with Crippen LogP contribution in [0.3, 0.4) is 0 Å². The molecule has 0 spiro atoms. The molecule has 12 nitrogen and oxygen atoms in total. The van der Waals surface area contributed by atoms with Gasteiger partial charge in [0.25, 0.3) is 5.91 Å². The molecule has 0 saturated carbocycles. The second-order valence-corrected chi connectivity index (χ2v) is 10.7. The normalized spacial score (nSPS) is 13.6. The highest BCUT2D eigenvalue weighted by molar-refractivity contribution is 5.94. The highest BCUT2D eigenvalue weighted by Gasteiger charge is 2.25. The third kappa shape index (κ3) is 6.72. The fraction of sp³-hybridized carbons (Fsp3) is 0.375. The largest absolute Gasteiger partial charge is 0.494 e. The van der Waals surface area contributed by atoms with E-state index in [0.29, 0.717) is 63.9 Å². The van der Waals surface area contributed by atoms with Gasteiger partial charge in [0.2, 0.25) is 12.2 Å². The van der Waals surface area contributed by atoms with Crippen LogP contribution in [0.1, 0.15) is 35.3 Å². The number of hydrogen-bond acceptors (Lipinski definition) is 8. The first-order valence-electron chi connectivity index (χ1n) is 14.8. The molecule has 2 aromatic heterocycles. The molecule has 12 heteroatoms. The fourth-order valence-corrected chi connectivity index (χ4v) is 5.42. The van der Waals surface area contributed by atoms with E-state index in [2.05, 4.69) is 31.0 Å². The lowest BCUT2D eigenvalue weighted by Gasteiger charge is -2.35. The molecule has 0 atom stereocenters. The number of amides is 1. The van der Waals surface area contributed by atoms with Crippen molar-refractivity contribution in [1.82, 2.24) is 34.4 Å². The van der Waals surface area contributed by atoms with Crippen molar-refractivity contribution < 1.29 is 9.53 Å². The predicted molar refractivity (Wildman–Crippen MR) is 169 cm³/mol. The molecule has 1 amide bonds. The minimum atomic E-state index is 0.0125. The molecule has 0 unspecified atom stereocenters. The van der Waals surface area contributed by atoms with Gasteiger partial charge in [0.05, 0.1) is 24.7 Å². The van der Waals surface area contributed by atoms with Gasteiger partial charge in [-0.1, -0.05) is 24.3 Å². The number of guanidine groups is 1. The Morgan fingerprint density at radius 2 is 1.82 bits per heavy atom. The van der Waals surface area contributed by atoms with E-state index in [1.807, 2.05) is 102 Å². The number of ether oxygens (including phenoxy) is 1. The minimum Gasteiger partial charge on any atom is -0.494 e. The lowest BCUT2D eigenvalue weighted by molar-refractivity contribution is 0.0746. The van der Waals surface area contributed by atoms with E-state index in [9.17, 15) is 4.79 Å². The molecule has 0 aliphatic carbocycles. The lowest BCUT2D eigenvalue weighted by atomic mass is 10.1. The number of hydrogen-bond donors (Lipinski definition) is 0. The van der Waals surface area contributed by atoms with Crippen molar-refractivity contribution in [1.29, 1.82) is 5.26 Å². The van der Waals surface area contributed by atoms with Crippen LogP contribution in [0.5, 0.6) is 5.75 Å². The summed E-state index contributed by atoms with van der Waals surface area (Å²) in [6.07, 6.45) is 5.29. The van der Waals surface area contributed by atoms with E-state index < -0.39 is 0 Å². The Labute approximate surface area is 257 Å². The fourth-order valence-electron chi connectivity index (χ4n) is 5.42. The van der Waals surface area contributed by atoms with Gasteiger partial charge in [0, 0.05) is 58.9 Å². The zero-order valence-corrected chi connectivity index (χ0v) is 25.7. The number of nitriles is 1. The Bertz CT molecular complexity index is 1650. The zero-order chi connectivity index (χ0) is 31.1. The second-order valence-electron chi connectivity index (χ2n) is 10.7. The number of rotatable bonds is 9. The van der Waals surface area contributed by atoms with Crippen molar-refractivity contribution >= 4 is 28.7 Å². The van der Waals surface area contributed by atoms with Crippen molar-refractivity contribution in [3.05, 3.63) is 77.7 Å². The van der Waals surface area contributed by atoms with Gasteiger partial charge in [-0.05, 0) is 49.2 Å². The van der Waals surface area contributed by atoms with Crippen LogP contribution in [0.4, 0.5) is 5.82 Å². The van der Waals surface area contributed by atoms with Gasteiger partial charge in [-0.2, -0.15) is 10.4 Å². The third-order valence-corrected chi connectivity index (χ3v) is 7.61. The molecule has 5 rings (SSSR count). The molecule has 4 aromatic rings. The van der Waals surface area contributed by atoms with E-state index in [0.717, 1.165) is 33.7 Å². The van der Waals surface area contributed by atoms with Crippen molar-refractivity contribution in [2.45, 2.75) is 26.9 Å². The van der Waals surface area contributed by atoms with E-state index in [1.165, 1.54) is 0 Å². The van der Waals surface area contributed by atoms with Gasteiger partial charge in [-0.15, -0.1) is 4.99 Å². The standard InChI is InChI=1S/C32H38N10O2/c1-5-39(32(34-22-33)38(3)4)20-24-10-12-26(13-11-24)31(43)41-16-14-40(15-17-41)29-28-19-37-42(30(28)36-23-35-29)21-25-8-7-9-27(18-25)44-6-2/h7-13,18-19,23H,5-6,14-17,20-21H2,1-4H3. The summed E-state index contributed by atoms with van der Waals surface area (Å²) >= 11 is 0. The summed E-state index contributed by atoms with van der Waals surface area (Å²) in [5, 5.41) is 14.6. The highest BCUT2D eigenvalue weighted by atomic mass is 16.5. The van der Waals surface area contributed by atoms with E-state index >= 15 is 0 Å². The van der Waals surface area contributed by atoms with Gasteiger partial charge in [0.15, 0.2) is 5.65 Å². The summed E-state index contributed by atoms with van der Waals surface area (Å²) < 4.78 is 7.53. The van der Waals surface area contributed by atoms with Gasteiger partial charge >= 0.3 is 0 Å². The molecule has 2 aromatic carbocycles. The third-order valence-electron chi connectivity index (χ3n) is 7.61. The minimum absolute atomic E-state index is 0.0125. The van der Waals surface area contributed by atoms with E-state index in [4.69, 9.17) is 10.00 Å². The molecular formula is C32H38N10O2. The highest BCUT2D eigenvalue weighted by Crippen LogP contribution is 2.25. The molecule has 0 N–H and O–H groups in total. The maximum Gasteiger partial charge on any atom is 0.253 e. The van der Waals surface area contributed by atoms with Gasteiger partial charge in [-0.25, -0.2) is 14.6 Å². The summed E-state index contributed by atoms with van der Waals surface area (Å²) in [7, 11) is 3.73. The molecule has 1 aliphatic heterocycles. The van der Waals surface area contributed by atoms with Crippen LogP contribution in [0.15, 0.2) is 66.0 Å². The summed E-state index contributed by atoms with van der Waals surface area (Å²) in [5.74, 6) is 2.29. The topological polar surface area (TPSA) is 119 Å². The molecule has 1 saturated heterocycles. The number of piperazine rings is 1. The van der Waals surface area contributed by atoms with Crippen molar-refractivity contribution in [2.24, 2.45) is 4.99 Å². The smallest absolute Gasteiger partial charge is 0.253 e. The number of carbonyl (C=O) groups excluding carboxylic acids is 1. The number of anilines is 1. The number of fused-ring (bicyclic) bond motifs is 1. The van der Waals surface area contributed by atoms with Gasteiger partial charge in [-0.3, -0.25) is 4.79 Å². The monoisotopic (exact) mass is 594 g/mol. The van der Waals surface area contributed by atoms with Gasteiger partial charge < -0.3 is 24.3 Å². The van der Waals surface area contributed by atoms with E-state index in [1.54, 1.807) is 6.33 Å². The molecule has 228 valence electrons. The van der Waals surface area contributed by atoms with Crippen molar-refractivity contribution in [3.63, 3.8) is 0 Å². The summed E-state index contributed by atoms with van der Waals surface area (Å²) in [6, 6.07) is 15.7. The molecule has 1 fully saturated rings. The van der Waals surface area contributed by atoms with Crippen LogP contribution in [0, 0.1) is 11.5 Å². The predicted octanol–water partition coefficient (Wildman–Crippen LogP) is 3.46. The average molecular weight is 595 g/mol. The SMILES string of the molecule is CCOc1cccc(Cn2ncc3c(N4CCN(C(=O)c5ccc(CN(CC)C(=NC#N)N(C)C)cc5)CC4)ncnc32)c1. The molecule has 0 radical (unpaired) electrons. The maximum absolute atomic E-state index is 13.4. The number of aromatic nitrogens is 4. The van der Waals surface area contributed by atoms with Crippen LogP contribution < -0.4 is 9.64 Å². The Balaban J connectivity index is 1.22. The quantitative estimate of drug-likeness (QED) is 0.163. The summed E-state index contributed by atoms with van der Waals surface area (Å²) in [6.45, 7) is 8.97. The van der Waals surface area contributed by atoms with Crippen LogP contribution in [-0.2, 0) is 13.1 Å². The molecule has 0 bridgehead atoms. The Morgan fingerprint density at radius 1 is 1.05 bits per heavy atom. The van der Waals surface area contributed by atoms with Crippen LogP contribution in [-0.4, -0.2) is 99.7 Å². The Kier molecular flexibility index (Phi) is 9.54. The number of nitrogens with zero attached hydrogens (tertiary/aromatic N) is 10. The molecular weight excluding hydrogens is 556 g/mol. The first kappa shape index (κ1) is 30.3. The Hall–Kier alpha value is -5.18. The molecule has 3 heterocycles. The second kappa shape index (κ2) is 13.9. The lowest BCUT2D eigenvalue weighted by Crippen LogP contribution is -2.49. The number of benzene rings is 2. The Morgan fingerprint density at radius 3 is 2.50 bits per heavy atom. The van der Waals surface area contributed by atoms with E-state index in [-0.39, 0.29) is 5.91 Å². The van der Waals surface area contributed by atoms with Crippen molar-refractivity contribution in [3.8, 4) is 11.9 Å². The summed E-state index contributed by atoms with van der Waals surface area (Å²) in [5.41, 5.74) is 3.54. The maximum atomic E-state index is 13.4. The first-order valence-corrected chi connectivity index (χ1v) is 14.8. The molecule has 1 aliphatic rings. The van der Waals surface area contributed by atoms with Gasteiger partial charge in [0.1, 0.15) is 17.9 Å². The van der Waals surface area contributed by atoms with Crippen molar-refractivity contribution in [2.75, 3.05) is 58.3 Å². The van der Waals surface area contributed by atoms with Crippen LogP contribution in [0.2, 0.25) is 0 Å². The summed E-state index contributed by atoms with van der Waals surface area (Å²) in [4.78, 5) is 34.4. The number of aliphatic imine (C=N–C) groups is 1. The van der Waals surface area contributed by atoms with Crippen LogP contribution >= 0.6 is 0 Å². The molecule has 44 heavy (non-hydrogen) atoms. The zero-order valence-electron chi connectivity index (χ0n) is 25.7. The average Bonchev–Trinajstić information content (AvgIpc) is 3.45. The number of carbonyl (C=O) groups is 1. The van der Waals surface area contributed by atoms with Crippen LogP contribution in [0.25, 0.3) is 11.0 Å².